The van der Waals surface area contributed by atoms with Crippen LogP contribution in [0.5, 0.6) is 5.75 Å². The van der Waals surface area contributed by atoms with Gasteiger partial charge >= 0.3 is 0 Å². The minimum Gasteiger partial charge on any atom is -0.489 e. The van der Waals surface area contributed by atoms with Crippen LogP contribution < -0.4 is 10.1 Å². The van der Waals surface area contributed by atoms with Crippen LogP contribution in [-0.2, 0) is 6.61 Å². The Morgan fingerprint density at radius 3 is 2.76 bits per heavy atom. The topological polar surface area (TPSA) is 64.4 Å². The molecule has 0 bridgehead atoms. The van der Waals surface area contributed by atoms with E-state index in [1.54, 1.807) is 25.1 Å². The third kappa shape index (κ3) is 4.03. The molecule has 0 saturated carbocycles. The van der Waals surface area contributed by atoms with Gasteiger partial charge in [0.05, 0.1) is 5.56 Å². The lowest BCUT2D eigenvalue weighted by atomic mass is 10.2. The Labute approximate surface area is 144 Å². The van der Waals surface area contributed by atoms with E-state index in [2.05, 4.69) is 10.5 Å². The Morgan fingerprint density at radius 2 is 2.00 bits per heavy atom. The van der Waals surface area contributed by atoms with Gasteiger partial charge in [-0.05, 0) is 43.7 Å². The number of amides is 1. The highest BCUT2D eigenvalue weighted by atomic mass is 19.1. The summed E-state index contributed by atoms with van der Waals surface area (Å²) in [5, 5.41) is 6.61. The van der Waals surface area contributed by atoms with Gasteiger partial charge in [-0.25, -0.2) is 4.39 Å². The van der Waals surface area contributed by atoms with Crippen molar-refractivity contribution in [1.29, 1.82) is 0 Å². The lowest BCUT2D eigenvalue weighted by Gasteiger charge is -2.08. The summed E-state index contributed by atoms with van der Waals surface area (Å²) in [6.07, 6.45) is 0. The van der Waals surface area contributed by atoms with Crippen molar-refractivity contribution < 1.29 is 18.4 Å². The largest absolute Gasteiger partial charge is 0.489 e. The molecule has 0 saturated heterocycles. The maximum absolute atomic E-state index is 13.2. The Kier molecular flexibility index (Phi) is 4.79. The maximum atomic E-state index is 13.2. The fourth-order valence-corrected chi connectivity index (χ4v) is 2.36. The van der Waals surface area contributed by atoms with E-state index in [0.29, 0.717) is 22.8 Å². The molecule has 25 heavy (non-hydrogen) atoms. The molecule has 0 aliphatic heterocycles. The number of rotatable bonds is 5. The van der Waals surface area contributed by atoms with E-state index >= 15 is 0 Å². The van der Waals surface area contributed by atoms with Gasteiger partial charge in [0.25, 0.3) is 5.91 Å². The number of nitrogens with zero attached hydrogens (tertiary/aromatic N) is 1. The van der Waals surface area contributed by atoms with Gasteiger partial charge in [-0.15, -0.1) is 0 Å². The molecule has 0 spiro atoms. The highest BCUT2D eigenvalue weighted by molar-refractivity contribution is 6.03. The van der Waals surface area contributed by atoms with Crippen LogP contribution in [0.3, 0.4) is 0 Å². The molecule has 1 aromatic heterocycles. The van der Waals surface area contributed by atoms with E-state index in [-0.39, 0.29) is 18.2 Å². The van der Waals surface area contributed by atoms with Gasteiger partial charge in [-0.2, -0.15) is 0 Å². The van der Waals surface area contributed by atoms with Crippen molar-refractivity contribution in [2.75, 3.05) is 5.32 Å². The monoisotopic (exact) mass is 340 g/mol. The van der Waals surface area contributed by atoms with E-state index in [0.717, 1.165) is 5.56 Å². The Hall–Kier alpha value is -3.15. The third-order valence-corrected chi connectivity index (χ3v) is 3.65. The number of aryl methyl sites for hydroxylation is 2. The first-order valence-electron chi connectivity index (χ1n) is 7.74. The minimum atomic E-state index is -0.392. The first-order valence-corrected chi connectivity index (χ1v) is 7.74. The predicted octanol–water partition coefficient (Wildman–Crippen LogP) is 4.26. The average Bonchev–Trinajstić information content (AvgIpc) is 2.94. The average molecular weight is 340 g/mol. The van der Waals surface area contributed by atoms with Gasteiger partial charge in [0, 0.05) is 11.8 Å². The molecule has 0 unspecified atom stereocenters. The Balaban J connectivity index is 1.75. The second-order valence-corrected chi connectivity index (χ2v) is 5.64. The molecular formula is C19H17FN2O3. The number of anilines is 1. The van der Waals surface area contributed by atoms with Gasteiger partial charge in [0.2, 0.25) is 0 Å². The first kappa shape index (κ1) is 16.7. The van der Waals surface area contributed by atoms with Crippen LogP contribution in [0.4, 0.5) is 10.1 Å². The van der Waals surface area contributed by atoms with Crippen LogP contribution in [0, 0.1) is 19.7 Å². The first-order chi connectivity index (χ1) is 12.0. The number of hydrogen-bond acceptors (Lipinski definition) is 4. The molecule has 3 rings (SSSR count). The minimum absolute atomic E-state index is 0.0509. The van der Waals surface area contributed by atoms with Crippen molar-refractivity contribution in [3.63, 3.8) is 0 Å². The van der Waals surface area contributed by atoms with Crippen molar-refractivity contribution >= 4 is 11.6 Å². The second-order valence-electron chi connectivity index (χ2n) is 5.64. The lowest BCUT2D eigenvalue weighted by Crippen LogP contribution is -2.15. The van der Waals surface area contributed by atoms with Gasteiger partial charge < -0.3 is 14.6 Å². The number of nitrogens with one attached hydrogen (secondary N) is 1. The highest BCUT2D eigenvalue weighted by Gasteiger charge is 2.20. The van der Waals surface area contributed by atoms with E-state index in [1.807, 2.05) is 25.1 Å². The van der Waals surface area contributed by atoms with Crippen LogP contribution in [-0.4, -0.2) is 11.1 Å². The fourth-order valence-electron chi connectivity index (χ4n) is 2.36. The quantitative estimate of drug-likeness (QED) is 0.754. The van der Waals surface area contributed by atoms with Gasteiger partial charge in [0.1, 0.15) is 23.9 Å². The zero-order valence-corrected chi connectivity index (χ0v) is 13.9. The molecule has 2 aromatic carbocycles. The van der Waals surface area contributed by atoms with Crippen molar-refractivity contribution in [3.05, 3.63) is 76.9 Å². The third-order valence-electron chi connectivity index (χ3n) is 3.65. The molecule has 3 aromatic rings. The number of carbonyl (C=O) groups is 1. The Morgan fingerprint density at radius 1 is 1.20 bits per heavy atom. The number of carbonyl (C=O) groups excluding carboxylic acids is 1. The van der Waals surface area contributed by atoms with E-state index < -0.39 is 5.82 Å². The van der Waals surface area contributed by atoms with Crippen molar-refractivity contribution in [3.8, 4) is 5.75 Å². The summed E-state index contributed by atoms with van der Waals surface area (Å²) in [4.78, 5) is 12.5. The van der Waals surface area contributed by atoms with E-state index in [4.69, 9.17) is 9.26 Å². The number of ether oxygens (including phenoxy) is 1. The number of hydrogen-bond donors (Lipinski definition) is 1. The van der Waals surface area contributed by atoms with Crippen LogP contribution in [0.15, 0.2) is 53.1 Å². The normalized spacial score (nSPS) is 10.5. The van der Waals surface area contributed by atoms with Crippen LogP contribution in [0.25, 0.3) is 0 Å². The van der Waals surface area contributed by atoms with Crippen LogP contribution in [0.1, 0.15) is 27.4 Å². The molecule has 6 heteroatoms. The molecule has 0 atom stereocenters. The molecular weight excluding hydrogens is 323 g/mol. The Bertz CT molecular complexity index is 905. The standard InChI is InChI=1S/C19H17FN2O3/c1-12-5-3-7-15(9-12)21-19(23)18-17(13(2)25-22-18)11-24-16-8-4-6-14(20)10-16/h3-10H,11H2,1-2H3,(H,21,23). The summed E-state index contributed by atoms with van der Waals surface area (Å²) < 4.78 is 23.9. The molecule has 0 radical (unpaired) electrons. The molecule has 0 fully saturated rings. The summed E-state index contributed by atoms with van der Waals surface area (Å²) in [7, 11) is 0. The zero-order chi connectivity index (χ0) is 17.8. The van der Waals surface area contributed by atoms with Crippen molar-refractivity contribution in [1.82, 2.24) is 5.16 Å². The van der Waals surface area contributed by atoms with Gasteiger partial charge in [-0.3, -0.25) is 4.79 Å². The fraction of sp³-hybridized carbons (Fsp3) is 0.158. The number of aromatic nitrogens is 1. The zero-order valence-electron chi connectivity index (χ0n) is 13.9. The molecule has 0 aliphatic carbocycles. The van der Waals surface area contributed by atoms with Crippen molar-refractivity contribution in [2.24, 2.45) is 0 Å². The molecule has 1 N–H and O–H groups in total. The lowest BCUT2D eigenvalue weighted by molar-refractivity contribution is 0.101. The molecule has 1 heterocycles. The summed E-state index contributed by atoms with van der Waals surface area (Å²) in [5.74, 6) is 0.0636. The summed E-state index contributed by atoms with van der Waals surface area (Å²) in [6, 6.07) is 13.2. The smallest absolute Gasteiger partial charge is 0.278 e. The SMILES string of the molecule is Cc1cccc(NC(=O)c2noc(C)c2COc2cccc(F)c2)c1. The van der Waals surface area contributed by atoms with Gasteiger partial charge in [-0.1, -0.05) is 23.4 Å². The summed E-state index contributed by atoms with van der Waals surface area (Å²) >= 11 is 0. The van der Waals surface area contributed by atoms with Crippen LogP contribution in [0.2, 0.25) is 0 Å². The predicted molar refractivity (Wildman–Crippen MR) is 91.1 cm³/mol. The molecule has 128 valence electrons. The number of benzene rings is 2. The van der Waals surface area contributed by atoms with Crippen LogP contribution >= 0.6 is 0 Å². The molecule has 1 amide bonds. The maximum Gasteiger partial charge on any atom is 0.278 e. The number of halogens is 1. The molecule has 5 nitrogen and oxygen atoms in total. The van der Waals surface area contributed by atoms with E-state index in [1.165, 1.54) is 12.1 Å². The van der Waals surface area contributed by atoms with Crippen molar-refractivity contribution in [2.45, 2.75) is 20.5 Å². The van der Waals surface area contributed by atoms with Gasteiger partial charge in [0.15, 0.2) is 5.69 Å². The summed E-state index contributed by atoms with van der Waals surface area (Å²) in [6.45, 7) is 3.68. The highest BCUT2D eigenvalue weighted by Crippen LogP contribution is 2.20. The van der Waals surface area contributed by atoms with E-state index in [9.17, 15) is 9.18 Å². The summed E-state index contributed by atoms with van der Waals surface area (Å²) in [5.41, 5.74) is 2.37. The second kappa shape index (κ2) is 7.17. The molecule has 0 aliphatic rings.